The molecule has 1 saturated heterocycles. The third-order valence-corrected chi connectivity index (χ3v) is 4.17. The molecule has 164 valence electrons. The molecule has 0 aliphatic carbocycles. The number of ether oxygens (including phenoxy) is 1. The molecule has 3 rings (SSSR count). The van der Waals surface area contributed by atoms with Gasteiger partial charge in [0.05, 0.1) is 6.61 Å². The van der Waals surface area contributed by atoms with Crippen LogP contribution in [0.5, 0.6) is 0 Å². The van der Waals surface area contributed by atoms with E-state index in [2.05, 4.69) is 4.98 Å². The van der Waals surface area contributed by atoms with E-state index in [1.54, 1.807) is 22.9 Å². The van der Waals surface area contributed by atoms with Crippen molar-refractivity contribution < 1.29 is 37.4 Å². The van der Waals surface area contributed by atoms with E-state index in [-0.39, 0.29) is 12.0 Å². The van der Waals surface area contributed by atoms with Crippen LogP contribution in [0.25, 0.3) is 5.65 Å². The van der Waals surface area contributed by atoms with Crippen LogP contribution in [0.4, 0.5) is 18.0 Å². The van der Waals surface area contributed by atoms with Crippen LogP contribution in [-0.2, 0) is 9.53 Å². The Hall–Kier alpha value is -3.31. The number of hydrogen-bond acceptors (Lipinski definition) is 5. The third-order valence-electron chi connectivity index (χ3n) is 4.17. The fraction of sp³-hybridized carbons (Fsp3) is 0.444. The molecule has 1 aliphatic heterocycles. The zero-order valence-electron chi connectivity index (χ0n) is 16.3. The van der Waals surface area contributed by atoms with E-state index >= 15 is 0 Å². The van der Waals surface area contributed by atoms with E-state index in [1.807, 2.05) is 29.7 Å². The third kappa shape index (κ3) is 5.84. The molecule has 2 aromatic heterocycles. The first-order chi connectivity index (χ1) is 14.0. The Kier molecular flexibility index (Phi) is 7.24. The number of carboxylic acids is 1. The highest BCUT2D eigenvalue weighted by molar-refractivity contribution is 5.93. The van der Waals surface area contributed by atoms with Gasteiger partial charge in [0, 0.05) is 38.6 Å². The lowest BCUT2D eigenvalue weighted by Crippen LogP contribution is -2.50. The minimum Gasteiger partial charge on any atom is -0.475 e. The van der Waals surface area contributed by atoms with E-state index in [1.165, 1.54) is 0 Å². The topological polar surface area (TPSA) is 104 Å². The SMILES string of the molecule is CCOC(=O)N1CCN(C(=O)c2cn3ccc(C)cc3n2)CC1.O=C(O)C(F)(F)F. The minimum absolute atomic E-state index is 0.102. The number of pyridine rings is 1. The van der Waals surface area contributed by atoms with Crippen molar-refractivity contribution in [3.63, 3.8) is 0 Å². The first-order valence-corrected chi connectivity index (χ1v) is 8.99. The summed E-state index contributed by atoms with van der Waals surface area (Å²) in [7, 11) is 0. The Morgan fingerprint density at radius 2 is 1.73 bits per heavy atom. The molecule has 3 heterocycles. The number of alkyl halides is 3. The van der Waals surface area contributed by atoms with E-state index < -0.39 is 12.1 Å². The fourth-order valence-corrected chi connectivity index (χ4v) is 2.66. The molecule has 0 radical (unpaired) electrons. The van der Waals surface area contributed by atoms with Gasteiger partial charge in [-0.2, -0.15) is 13.2 Å². The average Bonchev–Trinajstić information content (AvgIpc) is 3.10. The monoisotopic (exact) mass is 430 g/mol. The van der Waals surface area contributed by atoms with Crippen LogP contribution in [0.3, 0.4) is 0 Å². The Bertz CT molecular complexity index is 920. The van der Waals surface area contributed by atoms with Gasteiger partial charge in [-0.15, -0.1) is 0 Å². The lowest BCUT2D eigenvalue weighted by atomic mass is 10.3. The summed E-state index contributed by atoms with van der Waals surface area (Å²) in [5, 5.41) is 7.12. The molecule has 30 heavy (non-hydrogen) atoms. The number of nitrogens with zero attached hydrogens (tertiary/aromatic N) is 4. The molecule has 0 aromatic carbocycles. The molecular formula is C18H21F3N4O5. The van der Waals surface area contributed by atoms with Crippen molar-refractivity contribution in [3.8, 4) is 0 Å². The number of imidazole rings is 1. The zero-order chi connectivity index (χ0) is 22.5. The van der Waals surface area contributed by atoms with Gasteiger partial charge in [-0.3, -0.25) is 4.79 Å². The second-order valence-electron chi connectivity index (χ2n) is 6.38. The van der Waals surface area contributed by atoms with Gasteiger partial charge in [-0.1, -0.05) is 0 Å². The number of aryl methyl sites for hydroxylation is 1. The maximum absolute atomic E-state index is 12.6. The van der Waals surface area contributed by atoms with Crippen molar-refractivity contribution >= 4 is 23.6 Å². The number of carbonyl (C=O) groups is 3. The van der Waals surface area contributed by atoms with Crippen LogP contribution >= 0.6 is 0 Å². The Morgan fingerprint density at radius 3 is 2.27 bits per heavy atom. The number of rotatable bonds is 2. The van der Waals surface area contributed by atoms with Crippen LogP contribution in [0.15, 0.2) is 24.5 Å². The van der Waals surface area contributed by atoms with Crippen LogP contribution in [0, 0.1) is 6.92 Å². The van der Waals surface area contributed by atoms with Crippen LogP contribution in [-0.4, -0.2) is 81.2 Å². The number of aromatic nitrogens is 2. The van der Waals surface area contributed by atoms with Crippen molar-refractivity contribution in [1.29, 1.82) is 0 Å². The first kappa shape index (κ1) is 23.0. The highest BCUT2D eigenvalue weighted by Gasteiger charge is 2.38. The van der Waals surface area contributed by atoms with Crippen molar-refractivity contribution in [2.75, 3.05) is 32.8 Å². The van der Waals surface area contributed by atoms with Gasteiger partial charge in [0.15, 0.2) is 0 Å². The second kappa shape index (κ2) is 9.46. The van der Waals surface area contributed by atoms with Gasteiger partial charge in [0.2, 0.25) is 0 Å². The van der Waals surface area contributed by atoms with Gasteiger partial charge in [0.1, 0.15) is 11.3 Å². The normalized spacial score (nSPS) is 14.2. The lowest BCUT2D eigenvalue weighted by molar-refractivity contribution is -0.192. The van der Waals surface area contributed by atoms with Gasteiger partial charge >= 0.3 is 18.2 Å². The second-order valence-corrected chi connectivity index (χ2v) is 6.38. The summed E-state index contributed by atoms with van der Waals surface area (Å²) in [5.74, 6) is -2.86. The smallest absolute Gasteiger partial charge is 0.475 e. The average molecular weight is 430 g/mol. The number of carboxylic acid groups (broad SMARTS) is 1. The summed E-state index contributed by atoms with van der Waals surface area (Å²) in [5.41, 5.74) is 2.30. The predicted octanol–water partition coefficient (Wildman–Crippen LogP) is 2.19. The van der Waals surface area contributed by atoms with E-state index in [4.69, 9.17) is 14.6 Å². The highest BCUT2D eigenvalue weighted by atomic mass is 19.4. The summed E-state index contributed by atoms with van der Waals surface area (Å²) in [4.78, 5) is 40.9. The van der Waals surface area contributed by atoms with Crippen molar-refractivity contribution in [2.24, 2.45) is 0 Å². The molecule has 0 spiro atoms. The molecule has 1 fully saturated rings. The van der Waals surface area contributed by atoms with Crippen LogP contribution < -0.4 is 0 Å². The van der Waals surface area contributed by atoms with E-state index in [0.717, 1.165) is 11.2 Å². The maximum Gasteiger partial charge on any atom is 0.490 e. The van der Waals surface area contributed by atoms with E-state index in [0.29, 0.717) is 38.5 Å². The Morgan fingerprint density at radius 1 is 1.17 bits per heavy atom. The summed E-state index contributed by atoms with van der Waals surface area (Å²) in [6.45, 7) is 6.08. The number of piperazine rings is 1. The van der Waals surface area contributed by atoms with Crippen molar-refractivity contribution in [2.45, 2.75) is 20.0 Å². The molecule has 12 heteroatoms. The molecule has 2 aromatic rings. The molecule has 0 atom stereocenters. The molecule has 0 unspecified atom stereocenters. The lowest BCUT2D eigenvalue weighted by Gasteiger charge is -2.33. The van der Waals surface area contributed by atoms with Crippen LogP contribution in [0.2, 0.25) is 0 Å². The summed E-state index contributed by atoms with van der Waals surface area (Å²) in [6, 6.07) is 3.91. The molecule has 1 aliphatic rings. The summed E-state index contributed by atoms with van der Waals surface area (Å²) < 4.78 is 38.6. The largest absolute Gasteiger partial charge is 0.490 e. The number of hydrogen-bond donors (Lipinski definition) is 1. The zero-order valence-corrected chi connectivity index (χ0v) is 16.3. The van der Waals surface area contributed by atoms with Gasteiger partial charge in [0.25, 0.3) is 5.91 Å². The predicted molar refractivity (Wildman–Crippen MR) is 98.1 cm³/mol. The molecule has 1 N–H and O–H groups in total. The number of carbonyl (C=O) groups excluding carboxylic acids is 2. The molecule has 0 saturated carbocycles. The quantitative estimate of drug-likeness (QED) is 0.783. The number of amides is 2. The van der Waals surface area contributed by atoms with E-state index in [9.17, 15) is 22.8 Å². The van der Waals surface area contributed by atoms with Gasteiger partial charge in [-0.25, -0.2) is 14.6 Å². The van der Waals surface area contributed by atoms with Crippen molar-refractivity contribution in [3.05, 3.63) is 35.8 Å². The number of aliphatic carboxylic acids is 1. The molecule has 9 nitrogen and oxygen atoms in total. The molecule has 0 bridgehead atoms. The Balaban J connectivity index is 0.000000396. The molecule has 2 amide bonds. The summed E-state index contributed by atoms with van der Waals surface area (Å²) >= 11 is 0. The fourth-order valence-electron chi connectivity index (χ4n) is 2.66. The van der Waals surface area contributed by atoms with Gasteiger partial charge < -0.3 is 24.0 Å². The van der Waals surface area contributed by atoms with Crippen LogP contribution in [0.1, 0.15) is 23.0 Å². The first-order valence-electron chi connectivity index (χ1n) is 8.99. The molecular weight excluding hydrogens is 409 g/mol. The standard InChI is InChI=1S/C16H20N4O3.C2HF3O2/c1-3-23-16(22)19-8-6-18(7-9-19)15(21)13-11-20-5-4-12(2)10-14(20)17-13;3-2(4,5)1(6)7/h4-5,10-11H,3,6-9H2,1-2H3;(H,6,7). The van der Waals surface area contributed by atoms with Crippen molar-refractivity contribution in [1.82, 2.24) is 19.2 Å². The summed E-state index contributed by atoms with van der Waals surface area (Å²) in [6.07, 6.45) is -1.76. The highest BCUT2D eigenvalue weighted by Crippen LogP contribution is 2.13. The Labute approximate surface area is 169 Å². The van der Waals surface area contributed by atoms with Gasteiger partial charge in [-0.05, 0) is 31.5 Å². The maximum atomic E-state index is 12.6. The number of fused-ring (bicyclic) bond motifs is 1. The number of halogens is 3. The minimum atomic E-state index is -5.08.